The quantitative estimate of drug-likeness (QED) is 0.875. The molecule has 0 radical (unpaired) electrons. The van der Waals surface area contributed by atoms with Gasteiger partial charge in [0, 0.05) is 7.05 Å². The highest BCUT2D eigenvalue weighted by molar-refractivity contribution is 7.85. The highest BCUT2D eigenvalue weighted by atomic mass is 32.2. The van der Waals surface area contributed by atoms with E-state index in [0.29, 0.717) is 0 Å². The maximum Gasteiger partial charge on any atom is 0.335 e. The van der Waals surface area contributed by atoms with E-state index >= 15 is 0 Å². The number of benzene rings is 2. The minimum atomic E-state index is -1.78. The number of carboxylic acids is 1. The van der Waals surface area contributed by atoms with Crippen LogP contribution in [0.1, 0.15) is 20.7 Å². The van der Waals surface area contributed by atoms with Crippen LogP contribution in [0.4, 0.5) is 10.1 Å². The lowest BCUT2D eigenvalue weighted by molar-refractivity contribution is 0.0696. The molecule has 5 nitrogen and oxygen atoms in total. The van der Waals surface area contributed by atoms with Crippen LogP contribution in [-0.4, -0.2) is 28.2 Å². The normalized spacial score (nSPS) is 16.7. The molecule has 1 aliphatic rings. The maximum atomic E-state index is 14.0. The standard InChI is InChI=1S/C15H10FNO4S/c1-17-10-7-8(15(19)20)5-6-11(10)22(21)12-4-2-3-9(16)13(12)14(17)18/h2-7H,1H3,(H,19,20). The van der Waals surface area contributed by atoms with Crippen LogP contribution in [0.3, 0.4) is 0 Å². The van der Waals surface area contributed by atoms with Gasteiger partial charge in [-0.05, 0) is 30.3 Å². The van der Waals surface area contributed by atoms with E-state index in [1.165, 1.54) is 37.4 Å². The van der Waals surface area contributed by atoms with Crippen LogP contribution in [0.25, 0.3) is 0 Å². The van der Waals surface area contributed by atoms with E-state index in [0.717, 1.165) is 11.0 Å². The zero-order valence-corrected chi connectivity index (χ0v) is 12.2. The first-order valence-electron chi connectivity index (χ1n) is 6.27. The Morgan fingerprint density at radius 2 is 1.95 bits per heavy atom. The number of nitrogens with zero attached hydrogens (tertiary/aromatic N) is 1. The molecule has 112 valence electrons. The van der Waals surface area contributed by atoms with Crippen molar-refractivity contribution in [2.75, 3.05) is 11.9 Å². The van der Waals surface area contributed by atoms with Gasteiger partial charge in [0.05, 0.1) is 37.4 Å². The summed E-state index contributed by atoms with van der Waals surface area (Å²) in [5.74, 6) is -2.58. The molecule has 0 saturated heterocycles. The van der Waals surface area contributed by atoms with E-state index < -0.39 is 28.5 Å². The van der Waals surface area contributed by atoms with E-state index in [-0.39, 0.29) is 26.6 Å². The monoisotopic (exact) mass is 319 g/mol. The second-order valence-corrected chi connectivity index (χ2v) is 6.15. The third-order valence-corrected chi connectivity index (χ3v) is 4.94. The first-order valence-corrected chi connectivity index (χ1v) is 7.42. The van der Waals surface area contributed by atoms with Gasteiger partial charge in [-0.25, -0.2) is 13.4 Å². The molecule has 0 aromatic heterocycles. The molecule has 22 heavy (non-hydrogen) atoms. The highest BCUT2D eigenvalue weighted by Crippen LogP contribution is 2.35. The van der Waals surface area contributed by atoms with Crippen molar-refractivity contribution >= 4 is 28.4 Å². The molecule has 3 rings (SSSR count). The fourth-order valence-corrected chi connectivity index (χ4v) is 3.72. The molecule has 1 atom stereocenters. The number of halogens is 1. The van der Waals surface area contributed by atoms with Gasteiger partial charge in [0.15, 0.2) is 0 Å². The number of rotatable bonds is 1. The summed E-state index contributed by atoms with van der Waals surface area (Å²) in [6.07, 6.45) is 0. The molecular formula is C15H10FNO4S. The van der Waals surface area contributed by atoms with Crippen molar-refractivity contribution in [3.8, 4) is 0 Å². The molecular weight excluding hydrogens is 309 g/mol. The third kappa shape index (κ3) is 2.01. The van der Waals surface area contributed by atoms with E-state index in [1.54, 1.807) is 0 Å². The average molecular weight is 319 g/mol. The molecule has 0 saturated carbocycles. The minimum Gasteiger partial charge on any atom is -0.478 e. The molecule has 2 aromatic rings. The van der Waals surface area contributed by atoms with Gasteiger partial charge in [0.25, 0.3) is 5.91 Å². The van der Waals surface area contributed by atoms with Gasteiger partial charge in [0.2, 0.25) is 0 Å². The Hall–Kier alpha value is -2.54. The zero-order valence-electron chi connectivity index (χ0n) is 11.4. The summed E-state index contributed by atoms with van der Waals surface area (Å²) < 4.78 is 26.7. The Morgan fingerprint density at radius 1 is 1.23 bits per heavy atom. The fraction of sp³-hybridized carbons (Fsp3) is 0.0667. The largest absolute Gasteiger partial charge is 0.478 e. The summed E-state index contributed by atoms with van der Waals surface area (Å²) in [5.41, 5.74) is -0.0999. The first-order chi connectivity index (χ1) is 10.4. The minimum absolute atomic E-state index is 0.0400. The summed E-state index contributed by atoms with van der Waals surface area (Å²) in [7, 11) is -0.382. The SMILES string of the molecule is CN1C(=O)c2c(F)cccc2S(=O)c2ccc(C(=O)O)cc21. The Balaban J connectivity index is 2.32. The molecule has 1 amide bonds. The maximum absolute atomic E-state index is 14.0. The predicted octanol–water partition coefficient (Wildman–Crippen LogP) is 2.28. The number of carbonyl (C=O) groups is 2. The second-order valence-electron chi connectivity index (χ2n) is 4.73. The van der Waals surface area contributed by atoms with Gasteiger partial charge in [0.1, 0.15) is 5.82 Å². The van der Waals surface area contributed by atoms with Crippen LogP contribution >= 0.6 is 0 Å². The van der Waals surface area contributed by atoms with E-state index in [9.17, 15) is 18.2 Å². The number of anilines is 1. The van der Waals surface area contributed by atoms with Crippen molar-refractivity contribution in [3.05, 3.63) is 53.3 Å². The predicted molar refractivity (Wildman–Crippen MR) is 77.2 cm³/mol. The number of carboxylic acid groups (broad SMARTS) is 1. The molecule has 1 heterocycles. The lowest BCUT2D eigenvalue weighted by Gasteiger charge is -2.17. The molecule has 2 aromatic carbocycles. The van der Waals surface area contributed by atoms with Crippen LogP contribution in [0.5, 0.6) is 0 Å². The second kappa shape index (κ2) is 5.03. The summed E-state index contributed by atoms with van der Waals surface area (Å²) in [4.78, 5) is 25.0. The Kier molecular flexibility index (Phi) is 3.29. The van der Waals surface area contributed by atoms with Crippen LogP contribution in [0.15, 0.2) is 46.2 Å². The fourth-order valence-electron chi connectivity index (χ4n) is 2.33. The summed E-state index contributed by atoms with van der Waals surface area (Å²) >= 11 is 0. The zero-order chi connectivity index (χ0) is 16.0. The average Bonchev–Trinajstić information content (AvgIpc) is 2.58. The number of hydrogen-bond donors (Lipinski definition) is 1. The number of carbonyl (C=O) groups excluding carboxylic acids is 1. The number of aromatic carboxylic acids is 1. The number of amides is 1. The molecule has 0 fully saturated rings. The van der Waals surface area contributed by atoms with Crippen LogP contribution in [0, 0.1) is 5.82 Å². The third-order valence-electron chi connectivity index (χ3n) is 3.46. The van der Waals surface area contributed by atoms with Crippen LogP contribution in [-0.2, 0) is 10.8 Å². The van der Waals surface area contributed by atoms with Gasteiger partial charge in [-0.1, -0.05) is 6.07 Å². The Bertz CT molecular complexity index is 849. The first kappa shape index (κ1) is 14.4. The van der Waals surface area contributed by atoms with Gasteiger partial charge in [-0.2, -0.15) is 0 Å². The number of hydrogen-bond acceptors (Lipinski definition) is 3. The molecule has 0 aliphatic carbocycles. The van der Waals surface area contributed by atoms with Crippen molar-refractivity contribution < 1.29 is 23.3 Å². The smallest absolute Gasteiger partial charge is 0.335 e. The molecule has 1 aliphatic heterocycles. The van der Waals surface area contributed by atoms with Crippen molar-refractivity contribution in [2.45, 2.75) is 9.79 Å². The topological polar surface area (TPSA) is 74.7 Å². The molecule has 7 heteroatoms. The molecule has 1 unspecified atom stereocenters. The van der Waals surface area contributed by atoms with Gasteiger partial charge < -0.3 is 10.0 Å². The van der Waals surface area contributed by atoms with Crippen LogP contribution in [0.2, 0.25) is 0 Å². The molecule has 0 bridgehead atoms. The van der Waals surface area contributed by atoms with Gasteiger partial charge in [-0.15, -0.1) is 0 Å². The van der Waals surface area contributed by atoms with E-state index in [4.69, 9.17) is 5.11 Å². The molecule has 1 N–H and O–H groups in total. The van der Waals surface area contributed by atoms with Crippen molar-refractivity contribution in [1.82, 2.24) is 0 Å². The van der Waals surface area contributed by atoms with Crippen molar-refractivity contribution in [1.29, 1.82) is 0 Å². The van der Waals surface area contributed by atoms with E-state index in [2.05, 4.69) is 0 Å². The summed E-state index contributed by atoms with van der Waals surface area (Å²) in [5, 5.41) is 9.05. The Morgan fingerprint density at radius 3 is 2.64 bits per heavy atom. The molecule has 0 spiro atoms. The highest BCUT2D eigenvalue weighted by Gasteiger charge is 2.31. The summed E-state index contributed by atoms with van der Waals surface area (Å²) in [6, 6.07) is 7.90. The summed E-state index contributed by atoms with van der Waals surface area (Å²) in [6.45, 7) is 0. The van der Waals surface area contributed by atoms with Crippen molar-refractivity contribution in [3.63, 3.8) is 0 Å². The van der Waals surface area contributed by atoms with Crippen molar-refractivity contribution in [2.24, 2.45) is 0 Å². The lowest BCUT2D eigenvalue weighted by Crippen LogP contribution is -2.27. The van der Waals surface area contributed by atoms with Gasteiger partial charge in [-0.3, -0.25) is 4.79 Å². The Labute approximate surface area is 127 Å². The number of fused-ring (bicyclic) bond motifs is 2. The lowest BCUT2D eigenvalue weighted by atomic mass is 10.1. The van der Waals surface area contributed by atoms with E-state index in [1.807, 2.05) is 0 Å². The van der Waals surface area contributed by atoms with Gasteiger partial charge >= 0.3 is 5.97 Å². The van der Waals surface area contributed by atoms with Crippen LogP contribution < -0.4 is 4.90 Å².